The standard InChI is InChI=1S/C14H19ClN2O2/c1-9-3-4-12(15)13(7-9)19-10(2)14(18)17-6-5-11(16)8-17/h3-4,7,10-11H,5-6,8,16H2,1-2H3/t10-,11-/m1/s1. The number of benzene rings is 1. The molecule has 0 aromatic heterocycles. The molecule has 1 aliphatic heterocycles. The highest BCUT2D eigenvalue weighted by atomic mass is 35.5. The number of hydrogen-bond donors (Lipinski definition) is 1. The van der Waals surface area contributed by atoms with Crippen LogP contribution in [0.4, 0.5) is 0 Å². The third-order valence-electron chi connectivity index (χ3n) is 3.27. The van der Waals surface area contributed by atoms with Crippen LogP contribution in [0.15, 0.2) is 18.2 Å². The van der Waals surface area contributed by atoms with Crippen LogP contribution in [0.25, 0.3) is 0 Å². The first-order valence-electron chi connectivity index (χ1n) is 6.44. The molecule has 0 radical (unpaired) electrons. The Morgan fingerprint density at radius 1 is 1.58 bits per heavy atom. The lowest BCUT2D eigenvalue weighted by atomic mass is 10.2. The third kappa shape index (κ3) is 3.39. The lowest BCUT2D eigenvalue weighted by Crippen LogP contribution is -2.40. The number of rotatable bonds is 3. The molecule has 0 spiro atoms. The molecule has 2 N–H and O–H groups in total. The van der Waals surface area contributed by atoms with Gasteiger partial charge in [-0.15, -0.1) is 0 Å². The number of nitrogens with two attached hydrogens (primary N) is 1. The Kier molecular flexibility index (Phi) is 4.32. The van der Waals surface area contributed by atoms with E-state index in [1.165, 1.54) is 0 Å². The second kappa shape index (κ2) is 5.80. The fourth-order valence-corrected chi connectivity index (χ4v) is 2.35. The van der Waals surface area contributed by atoms with Crippen molar-refractivity contribution in [1.82, 2.24) is 4.90 Å². The lowest BCUT2D eigenvalue weighted by Gasteiger charge is -2.22. The molecule has 104 valence electrons. The molecule has 1 aromatic carbocycles. The van der Waals surface area contributed by atoms with Crippen molar-refractivity contribution in [2.75, 3.05) is 13.1 Å². The SMILES string of the molecule is Cc1ccc(Cl)c(O[C@H](C)C(=O)N2CC[C@@H](N)C2)c1. The van der Waals surface area contributed by atoms with Crippen molar-refractivity contribution in [1.29, 1.82) is 0 Å². The normalized spacial score (nSPS) is 20.4. The van der Waals surface area contributed by atoms with E-state index in [4.69, 9.17) is 22.1 Å². The molecular weight excluding hydrogens is 264 g/mol. The Labute approximate surface area is 118 Å². The van der Waals surface area contributed by atoms with Gasteiger partial charge in [0.2, 0.25) is 0 Å². The molecule has 19 heavy (non-hydrogen) atoms. The quantitative estimate of drug-likeness (QED) is 0.922. The molecule has 4 nitrogen and oxygen atoms in total. The molecule has 2 atom stereocenters. The number of likely N-dealkylation sites (tertiary alicyclic amines) is 1. The van der Waals surface area contributed by atoms with Crippen molar-refractivity contribution in [3.05, 3.63) is 28.8 Å². The van der Waals surface area contributed by atoms with Crippen molar-refractivity contribution >= 4 is 17.5 Å². The first kappa shape index (κ1) is 14.2. The van der Waals surface area contributed by atoms with E-state index in [1.807, 2.05) is 19.1 Å². The zero-order valence-electron chi connectivity index (χ0n) is 11.2. The van der Waals surface area contributed by atoms with Gasteiger partial charge in [-0.05, 0) is 38.0 Å². The molecular formula is C14H19ClN2O2. The van der Waals surface area contributed by atoms with Crippen LogP contribution >= 0.6 is 11.6 Å². The van der Waals surface area contributed by atoms with Gasteiger partial charge in [0.05, 0.1) is 5.02 Å². The van der Waals surface area contributed by atoms with Crippen molar-refractivity contribution in [3.8, 4) is 5.75 Å². The van der Waals surface area contributed by atoms with E-state index in [1.54, 1.807) is 17.9 Å². The Bertz CT molecular complexity index is 479. The molecule has 0 saturated carbocycles. The van der Waals surface area contributed by atoms with Crippen LogP contribution in [0, 0.1) is 6.92 Å². The number of aryl methyl sites for hydroxylation is 1. The fourth-order valence-electron chi connectivity index (χ4n) is 2.19. The number of hydrogen-bond acceptors (Lipinski definition) is 3. The van der Waals surface area contributed by atoms with Crippen LogP contribution < -0.4 is 10.5 Å². The largest absolute Gasteiger partial charge is 0.479 e. The second-order valence-corrected chi connectivity index (χ2v) is 5.43. The number of carbonyl (C=O) groups is 1. The third-order valence-corrected chi connectivity index (χ3v) is 3.59. The fraction of sp³-hybridized carbons (Fsp3) is 0.500. The molecule has 1 amide bonds. The summed E-state index contributed by atoms with van der Waals surface area (Å²) >= 11 is 6.06. The molecule has 1 aliphatic rings. The molecule has 1 heterocycles. The van der Waals surface area contributed by atoms with E-state index in [9.17, 15) is 4.79 Å². The van der Waals surface area contributed by atoms with E-state index in [-0.39, 0.29) is 11.9 Å². The summed E-state index contributed by atoms with van der Waals surface area (Å²) in [6.07, 6.45) is 0.300. The topological polar surface area (TPSA) is 55.6 Å². The van der Waals surface area contributed by atoms with Crippen LogP contribution in [-0.4, -0.2) is 36.0 Å². The summed E-state index contributed by atoms with van der Waals surface area (Å²) in [5.41, 5.74) is 6.85. The molecule has 0 bridgehead atoms. The summed E-state index contributed by atoms with van der Waals surface area (Å²) < 4.78 is 5.67. The maximum Gasteiger partial charge on any atom is 0.263 e. The molecule has 2 rings (SSSR count). The van der Waals surface area contributed by atoms with Crippen LogP contribution in [0.2, 0.25) is 5.02 Å². The highest BCUT2D eigenvalue weighted by Gasteiger charge is 2.28. The summed E-state index contributed by atoms with van der Waals surface area (Å²) in [6, 6.07) is 5.59. The van der Waals surface area contributed by atoms with Gasteiger partial charge in [0.15, 0.2) is 6.10 Å². The molecule has 1 fully saturated rings. The van der Waals surface area contributed by atoms with Gasteiger partial charge in [-0.25, -0.2) is 0 Å². The Morgan fingerprint density at radius 2 is 2.32 bits per heavy atom. The minimum atomic E-state index is -0.551. The number of halogens is 1. The van der Waals surface area contributed by atoms with Gasteiger partial charge in [0.25, 0.3) is 5.91 Å². The highest BCUT2D eigenvalue weighted by Crippen LogP contribution is 2.26. The van der Waals surface area contributed by atoms with Gasteiger partial charge in [0.1, 0.15) is 5.75 Å². The van der Waals surface area contributed by atoms with Gasteiger partial charge in [-0.2, -0.15) is 0 Å². The summed E-state index contributed by atoms with van der Waals surface area (Å²) in [4.78, 5) is 13.9. The van der Waals surface area contributed by atoms with Crippen LogP contribution in [0.5, 0.6) is 5.75 Å². The molecule has 1 saturated heterocycles. The molecule has 0 aliphatic carbocycles. The molecule has 0 unspecified atom stereocenters. The number of carbonyl (C=O) groups excluding carboxylic acids is 1. The zero-order chi connectivity index (χ0) is 14.0. The number of amides is 1. The maximum atomic E-state index is 12.2. The predicted octanol–water partition coefficient (Wildman–Crippen LogP) is 1.98. The van der Waals surface area contributed by atoms with Gasteiger partial charge in [-0.1, -0.05) is 17.7 Å². The second-order valence-electron chi connectivity index (χ2n) is 5.03. The smallest absolute Gasteiger partial charge is 0.263 e. The van der Waals surface area contributed by atoms with Gasteiger partial charge < -0.3 is 15.4 Å². The lowest BCUT2D eigenvalue weighted by molar-refractivity contribution is -0.136. The minimum Gasteiger partial charge on any atom is -0.479 e. The summed E-state index contributed by atoms with van der Waals surface area (Å²) in [5.74, 6) is 0.511. The van der Waals surface area contributed by atoms with E-state index >= 15 is 0 Å². The van der Waals surface area contributed by atoms with E-state index in [2.05, 4.69) is 0 Å². The first-order valence-corrected chi connectivity index (χ1v) is 6.82. The van der Waals surface area contributed by atoms with Crippen LogP contribution in [-0.2, 0) is 4.79 Å². The van der Waals surface area contributed by atoms with Gasteiger partial charge in [0, 0.05) is 19.1 Å². The maximum absolute atomic E-state index is 12.2. The van der Waals surface area contributed by atoms with Crippen molar-refractivity contribution in [3.63, 3.8) is 0 Å². The summed E-state index contributed by atoms with van der Waals surface area (Å²) in [7, 11) is 0. The Hall–Kier alpha value is -1.26. The number of ether oxygens (including phenoxy) is 1. The van der Waals surface area contributed by atoms with Crippen LogP contribution in [0.1, 0.15) is 18.9 Å². The van der Waals surface area contributed by atoms with Gasteiger partial charge >= 0.3 is 0 Å². The molecule has 5 heteroatoms. The predicted molar refractivity (Wildman–Crippen MR) is 75.5 cm³/mol. The Balaban J connectivity index is 2.02. The average Bonchev–Trinajstić information content (AvgIpc) is 2.79. The first-order chi connectivity index (χ1) is 8.97. The zero-order valence-corrected chi connectivity index (χ0v) is 12.0. The number of nitrogens with zero attached hydrogens (tertiary/aromatic N) is 1. The molecule has 1 aromatic rings. The minimum absolute atomic E-state index is 0.0366. The Morgan fingerprint density at radius 3 is 2.95 bits per heavy atom. The van der Waals surface area contributed by atoms with Crippen LogP contribution in [0.3, 0.4) is 0 Å². The van der Waals surface area contributed by atoms with Gasteiger partial charge in [-0.3, -0.25) is 4.79 Å². The van der Waals surface area contributed by atoms with Crippen molar-refractivity contribution in [2.45, 2.75) is 32.4 Å². The average molecular weight is 283 g/mol. The van der Waals surface area contributed by atoms with Crippen molar-refractivity contribution < 1.29 is 9.53 Å². The highest BCUT2D eigenvalue weighted by molar-refractivity contribution is 6.32. The summed E-state index contributed by atoms with van der Waals surface area (Å²) in [5, 5.41) is 0.517. The van der Waals surface area contributed by atoms with E-state index in [0.29, 0.717) is 23.9 Å². The van der Waals surface area contributed by atoms with E-state index in [0.717, 1.165) is 12.0 Å². The summed E-state index contributed by atoms with van der Waals surface area (Å²) in [6.45, 7) is 5.00. The monoisotopic (exact) mass is 282 g/mol. The van der Waals surface area contributed by atoms with Crippen molar-refractivity contribution in [2.24, 2.45) is 5.73 Å². The van der Waals surface area contributed by atoms with E-state index < -0.39 is 6.10 Å².